The zero-order valence-corrected chi connectivity index (χ0v) is 10.1. The summed E-state index contributed by atoms with van der Waals surface area (Å²) in [6.45, 7) is 2.20. The fourth-order valence-corrected chi connectivity index (χ4v) is 1.29. The summed E-state index contributed by atoms with van der Waals surface area (Å²) in [5.74, 6) is 0.394. The summed E-state index contributed by atoms with van der Waals surface area (Å²) in [4.78, 5) is 12.5. The number of Topliss-reactive ketones (excluding diaryl/α,β-unsaturated/α-hetero) is 1. The zero-order chi connectivity index (χ0) is 10.3. The molecule has 0 aromatic carbocycles. The summed E-state index contributed by atoms with van der Waals surface area (Å²) in [5.41, 5.74) is 0. The molecule has 0 atom stereocenters. The molecule has 0 amide bonds. The van der Waals surface area contributed by atoms with E-state index < -0.39 is 0 Å². The average Bonchev–Trinajstić information content (AvgIpc) is 2.05. The van der Waals surface area contributed by atoms with Gasteiger partial charge in [-0.15, -0.1) is 35.6 Å². The van der Waals surface area contributed by atoms with Crippen molar-refractivity contribution in [2.24, 2.45) is 5.16 Å². The van der Waals surface area contributed by atoms with Crippen LogP contribution in [-0.2, 0) is 4.79 Å². The molecule has 7 heteroatoms. The molecule has 0 spiro atoms. The lowest BCUT2D eigenvalue weighted by Gasteiger charge is -2.21. The van der Waals surface area contributed by atoms with E-state index in [-0.39, 0.29) is 24.0 Å². The monoisotopic (exact) mass is 262 g/mol. The van der Waals surface area contributed by atoms with Gasteiger partial charge < -0.3 is 10.1 Å². The minimum atomic E-state index is -0.308. The molecule has 4 nitrogen and oxygen atoms in total. The fraction of sp³-hybridized carbons (Fsp3) is 0.714. The first kappa shape index (κ1) is 16.2. The largest absolute Gasteiger partial charge is 0.409 e. The highest BCUT2D eigenvalue weighted by Gasteiger charge is 2.15. The van der Waals surface area contributed by atoms with Gasteiger partial charge in [0.05, 0.1) is 0 Å². The summed E-state index contributed by atoms with van der Waals surface area (Å²) < 4.78 is 0. The van der Waals surface area contributed by atoms with Crippen molar-refractivity contribution in [2.75, 3.05) is 24.8 Å². The maximum atomic E-state index is 10.9. The van der Waals surface area contributed by atoms with Crippen molar-refractivity contribution in [3.05, 3.63) is 0 Å². The number of rotatable bonds is 5. The molecule has 0 saturated heterocycles. The molecule has 1 N–H and O–H groups in total. The van der Waals surface area contributed by atoms with Crippen molar-refractivity contribution in [3.8, 4) is 0 Å². The van der Waals surface area contributed by atoms with Crippen molar-refractivity contribution in [2.45, 2.75) is 6.92 Å². The summed E-state index contributed by atoms with van der Waals surface area (Å²) >= 11 is 11.0. The minimum absolute atomic E-state index is 0. The fourth-order valence-electron chi connectivity index (χ4n) is 0.884. The van der Waals surface area contributed by atoms with E-state index >= 15 is 0 Å². The van der Waals surface area contributed by atoms with Crippen LogP contribution in [-0.4, -0.2) is 46.6 Å². The first-order valence-corrected chi connectivity index (χ1v) is 4.84. The van der Waals surface area contributed by atoms with Crippen molar-refractivity contribution in [1.29, 1.82) is 0 Å². The number of halogens is 3. The quantitative estimate of drug-likeness (QED) is 0.269. The summed E-state index contributed by atoms with van der Waals surface area (Å²) in [6.07, 6.45) is 0. The van der Waals surface area contributed by atoms with E-state index in [4.69, 9.17) is 28.4 Å². The number of carbonyl (C=O) groups is 1. The molecule has 0 aliphatic heterocycles. The maximum Gasteiger partial charge on any atom is 0.211 e. The molecule has 0 saturated carbocycles. The van der Waals surface area contributed by atoms with Gasteiger partial charge in [-0.25, -0.2) is 0 Å². The molecular weight excluding hydrogens is 250 g/mol. The Hall–Kier alpha value is -0.190. The molecule has 84 valence electrons. The molecule has 0 aromatic heterocycles. The van der Waals surface area contributed by atoms with Crippen LogP contribution >= 0.6 is 35.6 Å². The van der Waals surface area contributed by atoms with Crippen LogP contribution in [0.5, 0.6) is 0 Å². The van der Waals surface area contributed by atoms with Gasteiger partial charge in [-0.3, -0.25) is 4.79 Å². The third-order valence-electron chi connectivity index (χ3n) is 1.42. The molecular formula is C7H13Cl3N2O2. The Bertz CT molecular complexity index is 193. The van der Waals surface area contributed by atoms with Crippen LogP contribution in [0.1, 0.15) is 6.92 Å². The van der Waals surface area contributed by atoms with Gasteiger partial charge >= 0.3 is 0 Å². The van der Waals surface area contributed by atoms with E-state index in [1.165, 1.54) is 6.92 Å². The molecule has 0 heterocycles. The lowest BCUT2D eigenvalue weighted by atomic mass is 10.3. The Morgan fingerprint density at radius 2 is 1.79 bits per heavy atom. The predicted molar refractivity (Wildman–Crippen MR) is 60.2 cm³/mol. The number of hydrogen-bond acceptors (Lipinski definition) is 3. The molecule has 14 heavy (non-hydrogen) atoms. The van der Waals surface area contributed by atoms with E-state index in [2.05, 4.69) is 5.16 Å². The average molecular weight is 264 g/mol. The second-order valence-corrected chi connectivity index (χ2v) is 3.10. The number of amidine groups is 1. The lowest BCUT2D eigenvalue weighted by molar-refractivity contribution is -0.111. The lowest BCUT2D eigenvalue weighted by Crippen LogP contribution is -2.38. The SMILES string of the molecule is CC(=O)/C(=N/O)N(CCCl)CCCl.Cl. The van der Waals surface area contributed by atoms with E-state index in [9.17, 15) is 4.79 Å². The first-order chi connectivity index (χ1) is 6.17. The van der Waals surface area contributed by atoms with Crippen molar-refractivity contribution < 1.29 is 10.0 Å². The van der Waals surface area contributed by atoms with Gasteiger partial charge in [0.15, 0.2) is 5.78 Å². The van der Waals surface area contributed by atoms with E-state index in [1.54, 1.807) is 4.90 Å². The van der Waals surface area contributed by atoms with Gasteiger partial charge in [0, 0.05) is 31.8 Å². The smallest absolute Gasteiger partial charge is 0.211 e. The van der Waals surface area contributed by atoms with Crippen LogP contribution in [0, 0.1) is 0 Å². The van der Waals surface area contributed by atoms with Gasteiger partial charge in [0.25, 0.3) is 0 Å². The van der Waals surface area contributed by atoms with Crippen LogP contribution in [0.15, 0.2) is 5.16 Å². The van der Waals surface area contributed by atoms with E-state index in [0.29, 0.717) is 24.8 Å². The summed E-state index contributed by atoms with van der Waals surface area (Å²) in [7, 11) is 0. The standard InChI is InChI=1S/C7H12Cl2N2O2.ClH/c1-6(12)7(10-13)11(4-2-8)5-3-9;/h13H,2-5H2,1H3;1H/b10-7-;. The number of alkyl halides is 2. The highest BCUT2D eigenvalue weighted by molar-refractivity contribution is 6.37. The molecule has 0 aliphatic carbocycles. The maximum absolute atomic E-state index is 10.9. The predicted octanol–water partition coefficient (Wildman–Crippen LogP) is 1.56. The van der Waals surface area contributed by atoms with Crippen molar-refractivity contribution in [3.63, 3.8) is 0 Å². The second kappa shape index (κ2) is 9.37. The Morgan fingerprint density at radius 1 is 1.36 bits per heavy atom. The number of hydrogen-bond donors (Lipinski definition) is 1. The van der Waals surface area contributed by atoms with Crippen LogP contribution < -0.4 is 0 Å². The van der Waals surface area contributed by atoms with Crippen LogP contribution in [0.3, 0.4) is 0 Å². The number of oxime groups is 1. The number of nitrogens with zero attached hydrogens (tertiary/aromatic N) is 2. The molecule has 0 radical (unpaired) electrons. The van der Waals surface area contributed by atoms with Gasteiger partial charge in [-0.2, -0.15) is 0 Å². The van der Waals surface area contributed by atoms with Crippen molar-refractivity contribution >= 4 is 47.2 Å². The molecule has 0 unspecified atom stereocenters. The highest BCUT2D eigenvalue weighted by Crippen LogP contribution is 1.96. The number of carbonyl (C=O) groups excluding carboxylic acids is 1. The van der Waals surface area contributed by atoms with Gasteiger partial charge in [0.2, 0.25) is 5.84 Å². The molecule has 0 aromatic rings. The molecule has 0 fully saturated rings. The normalized spacial score (nSPS) is 10.6. The van der Waals surface area contributed by atoms with Gasteiger partial charge in [-0.1, -0.05) is 5.16 Å². The third kappa shape index (κ3) is 5.52. The minimum Gasteiger partial charge on any atom is -0.409 e. The van der Waals surface area contributed by atoms with E-state index in [1.807, 2.05) is 0 Å². The van der Waals surface area contributed by atoms with E-state index in [0.717, 1.165) is 0 Å². The first-order valence-electron chi connectivity index (χ1n) is 3.77. The topological polar surface area (TPSA) is 52.9 Å². The Labute approximate surface area is 99.3 Å². The molecule has 0 aliphatic rings. The van der Waals surface area contributed by atoms with Gasteiger partial charge in [-0.05, 0) is 0 Å². The number of ketones is 1. The Morgan fingerprint density at radius 3 is 2.00 bits per heavy atom. The van der Waals surface area contributed by atoms with Crippen LogP contribution in [0.25, 0.3) is 0 Å². The van der Waals surface area contributed by atoms with Crippen LogP contribution in [0.4, 0.5) is 0 Å². The molecule has 0 bridgehead atoms. The Kier molecular flexibility index (Phi) is 10.9. The van der Waals surface area contributed by atoms with Gasteiger partial charge in [0.1, 0.15) is 0 Å². The zero-order valence-electron chi connectivity index (χ0n) is 7.74. The molecule has 0 rings (SSSR count). The summed E-state index contributed by atoms with van der Waals surface area (Å²) in [6, 6.07) is 0. The van der Waals surface area contributed by atoms with Crippen molar-refractivity contribution in [1.82, 2.24) is 4.90 Å². The third-order valence-corrected chi connectivity index (χ3v) is 1.76. The second-order valence-electron chi connectivity index (χ2n) is 2.34. The Balaban J connectivity index is 0. The highest BCUT2D eigenvalue weighted by atomic mass is 35.5. The summed E-state index contributed by atoms with van der Waals surface area (Å²) in [5, 5.41) is 11.5. The van der Waals surface area contributed by atoms with Crippen LogP contribution in [0.2, 0.25) is 0 Å².